The number of benzene rings is 2. The lowest BCUT2D eigenvalue weighted by atomic mass is 9.94. The minimum Gasteiger partial charge on any atom is -0.497 e. The van der Waals surface area contributed by atoms with E-state index in [0.717, 1.165) is 11.1 Å². The van der Waals surface area contributed by atoms with Crippen molar-refractivity contribution in [3.05, 3.63) is 53.6 Å². The maximum absolute atomic E-state index is 12.8. The number of nitrogens with one attached hydrogen (secondary N) is 1. The van der Waals surface area contributed by atoms with Gasteiger partial charge in [-0.05, 0) is 56.0 Å². The number of hydrogen-bond donors (Lipinski definition) is 1. The summed E-state index contributed by atoms with van der Waals surface area (Å²) in [7, 11) is -0.303. The number of sulfonamides is 1. The molecule has 1 N–H and O–H groups in total. The molecule has 0 aromatic heterocycles. The maximum Gasteiger partial charge on any atom is 0.243 e. The SMILES string of the molecule is COc1ccc(OC)c(CNC(=O)CC2CCN(S(=O)(=O)c3ccc(C)cc3)CC2)c1. The molecule has 3 rings (SSSR count). The first-order chi connectivity index (χ1) is 14.8. The molecule has 1 fully saturated rings. The number of amides is 1. The predicted molar refractivity (Wildman–Crippen MR) is 119 cm³/mol. The number of ether oxygens (including phenoxy) is 2. The molecule has 8 heteroatoms. The van der Waals surface area contributed by atoms with Crippen molar-refractivity contribution in [3.8, 4) is 11.5 Å². The van der Waals surface area contributed by atoms with Gasteiger partial charge in [0.2, 0.25) is 15.9 Å². The first-order valence-electron chi connectivity index (χ1n) is 10.4. The molecule has 1 amide bonds. The molecule has 31 heavy (non-hydrogen) atoms. The van der Waals surface area contributed by atoms with Crippen molar-refractivity contribution in [1.82, 2.24) is 9.62 Å². The number of methoxy groups -OCH3 is 2. The summed E-state index contributed by atoms with van der Waals surface area (Å²) in [5.41, 5.74) is 1.87. The molecule has 168 valence electrons. The van der Waals surface area contributed by atoms with Crippen molar-refractivity contribution in [2.45, 2.75) is 37.6 Å². The molecule has 2 aromatic carbocycles. The molecule has 7 nitrogen and oxygen atoms in total. The van der Waals surface area contributed by atoms with E-state index >= 15 is 0 Å². The van der Waals surface area contributed by atoms with Gasteiger partial charge in [0.1, 0.15) is 11.5 Å². The van der Waals surface area contributed by atoms with Gasteiger partial charge in [-0.3, -0.25) is 4.79 Å². The van der Waals surface area contributed by atoms with Crippen molar-refractivity contribution < 1.29 is 22.7 Å². The average molecular weight is 447 g/mol. The number of carbonyl (C=O) groups excluding carboxylic acids is 1. The molecule has 0 saturated carbocycles. The Morgan fingerprint density at radius 2 is 1.74 bits per heavy atom. The standard InChI is InChI=1S/C23H30N2O5S/c1-17-4-7-21(8-5-17)31(27,28)25-12-10-18(11-13-25)14-23(26)24-16-19-15-20(29-2)6-9-22(19)30-3/h4-9,15,18H,10-14,16H2,1-3H3,(H,24,26). The van der Waals surface area contributed by atoms with Gasteiger partial charge in [0.05, 0.1) is 19.1 Å². The molecular formula is C23H30N2O5S. The molecule has 0 unspecified atom stereocenters. The highest BCUT2D eigenvalue weighted by Crippen LogP contribution is 2.27. The second kappa shape index (κ2) is 10.2. The Morgan fingerprint density at radius 3 is 2.35 bits per heavy atom. The number of rotatable bonds is 8. The monoisotopic (exact) mass is 446 g/mol. The number of aryl methyl sites for hydroxylation is 1. The van der Waals surface area contributed by atoms with Crippen LogP contribution >= 0.6 is 0 Å². The Bertz CT molecular complexity index is 997. The fraction of sp³-hybridized carbons (Fsp3) is 0.435. The van der Waals surface area contributed by atoms with E-state index < -0.39 is 10.0 Å². The fourth-order valence-corrected chi connectivity index (χ4v) is 5.23. The third-order valence-electron chi connectivity index (χ3n) is 5.67. The molecule has 1 saturated heterocycles. The lowest BCUT2D eigenvalue weighted by molar-refractivity contribution is -0.122. The Balaban J connectivity index is 1.51. The van der Waals surface area contributed by atoms with Crippen molar-refractivity contribution in [2.75, 3.05) is 27.3 Å². The van der Waals surface area contributed by atoms with Gasteiger partial charge >= 0.3 is 0 Å². The van der Waals surface area contributed by atoms with E-state index in [-0.39, 0.29) is 11.8 Å². The van der Waals surface area contributed by atoms with Crippen LogP contribution in [0.4, 0.5) is 0 Å². The Kier molecular flexibility index (Phi) is 7.56. The second-order valence-corrected chi connectivity index (χ2v) is 9.76. The Hall–Kier alpha value is -2.58. The van der Waals surface area contributed by atoms with E-state index in [2.05, 4.69) is 5.32 Å². The van der Waals surface area contributed by atoms with E-state index in [1.165, 1.54) is 4.31 Å². The first-order valence-corrected chi connectivity index (χ1v) is 11.8. The summed E-state index contributed by atoms with van der Waals surface area (Å²) in [5.74, 6) is 1.50. The van der Waals surface area contributed by atoms with Crippen LogP contribution in [0, 0.1) is 12.8 Å². The molecule has 1 heterocycles. The minimum atomic E-state index is -3.48. The van der Waals surface area contributed by atoms with Crippen LogP contribution in [0.25, 0.3) is 0 Å². The summed E-state index contributed by atoms with van der Waals surface area (Å²) < 4.78 is 37.7. The molecule has 0 bridgehead atoms. The van der Waals surface area contributed by atoms with Gasteiger partial charge in [-0.1, -0.05) is 17.7 Å². The van der Waals surface area contributed by atoms with Gasteiger partial charge in [0, 0.05) is 31.6 Å². The number of carbonyl (C=O) groups is 1. The van der Waals surface area contributed by atoms with Gasteiger partial charge in [-0.2, -0.15) is 4.31 Å². The fourth-order valence-electron chi connectivity index (χ4n) is 3.76. The third-order valence-corrected chi connectivity index (χ3v) is 7.58. The maximum atomic E-state index is 12.8. The quantitative estimate of drug-likeness (QED) is 0.674. The second-order valence-electron chi connectivity index (χ2n) is 7.82. The third kappa shape index (κ3) is 5.77. The lowest BCUT2D eigenvalue weighted by Gasteiger charge is -2.31. The van der Waals surface area contributed by atoms with Gasteiger partial charge in [-0.25, -0.2) is 8.42 Å². The molecule has 2 aromatic rings. The van der Waals surface area contributed by atoms with Crippen LogP contribution in [0.2, 0.25) is 0 Å². The van der Waals surface area contributed by atoms with Crippen LogP contribution in [-0.4, -0.2) is 45.9 Å². The molecule has 0 atom stereocenters. The van der Waals surface area contributed by atoms with E-state index in [1.54, 1.807) is 38.5 Å². The summed E-state index contributed by atoms with van der Waals surface area (Å²) in [6, 6.07) is 12.4. The van der Waals surface area contributed by atoms with Crippen molar-refractivity contribution in [2.24, 2.45) is 5.92 Å². The average Bonchev–Trinajstić information content (AvgIpc) is 2.78. The van der Waals surface area contributed by atoms with Crippen molar-refractivity contribution in [3.63, 3.8) is 0 Å². The smallest absolute Gasteiger partial charge is 0.243 e. The van der Waals surface area contributed by atoms with Gasteiger partial charge in [-0.15, -0.1) is 0 Å². The predicted octanol–water partition coefficient (Wildman–Crippen LogP) is 3.12. The Labute approximate surface area is 184 Å². The molecule has 0 aliphatic carbocycles. The van der Waals surface area contributed by atoms with Crippen molar-refractivity contribution in [1.29, 1.82) is 0 Å². The zero-order valence-electron chi connectivity index (χ0n) is 18.3. The van der Waals surface area contributed by atoms with E-state index in [4.69, 9.17) is 9.47 Å². The first kappa shape index (κ1) is 23.1. The molecule has 1 aliphatic rings. The molecule has 0 radical (unpaired) electrons. The normalized spacial score (nSPS) is 15.5. The minimum absolute atomic E-state index is 0.0512. The largest absolute Gasteiger partial charge is 0.497 e. The van der Waals surface area contributed by atoms with Crippen LogP contribution in [0.3, 0.4) is 0 Å². The lowest BCUT2D eigenvalue weighted by Crippen LogP contribution is -2.39. The summed E-state index contributed by atoms with van der Waals surface area (Å²) >= 11 is 0. The highest BCUT2D eigenvalue weighted by molar-refractivity contribution is 7.89. The van der Waals surface area contributed by atoms with Crippen LogP contribution in [-0.2, 0) is 21.4 Å². The summed E-state index contributed by atoms with van der Waals surface area (Å²) in [6.07, 6.45) is 1.71. The molecular weight excluding hydrogens is 416 g/mol. The number of nitrogens with zero attached hydrogens (tertiary/aromatic N) is 1. The summed E-state index contributed by atoms with van der Waals surface area (Å²) in [5, 5.41) is 2.94. The zero-order valence-corrected chi connectivity index (χ0v) is 19.1. The van der Waals surface area contributed by atoms with E-state index in [9.17, 15) is 13.2 Å². The van der Waals surface area contributed by atoms with Crippen LogP contribution in [0.1, 0.15) is 30.4 Å². The highest BCUT2D eigenvalue weighted by Gasteiger charge is 2.30. The van der Waals surface area contributed by atoms with Gasteiger partial charge in [0.25, 0.3) is 0 Å². The van der Waals surface area contributed by atoms with Crippen molar-refractivity contribution >= 4 is 15.9 Å². The van der Waals surface area contributed by atoms with E-state index in [1.807, 2.05) is 25.1 Å². The van der Waals surface area contributed by atoms with Gasteiger partial charge < -0.3 is 14.8 Å². The molecule has 0 spiro atoms. The van der Waals surface area contributed by atoms with Crippen LogP contribution in [0.15, 0.2) is 47.4 Å². The van der Waals surface area contributed by atoms with Gasteiger partial charge in [0.15, 0.2) is 0 Å². The van der Waals surface area contributed by atoms with Crippen LogP contribution < -0.4 is 14.8 Å². The zero-order chi connectivity index (χ0) is 22.4. The molecule has 1 aliphatic heterocycles. The topological polar surface area (TPSA) is 84.9 Å². The number of piperidine rings is 1. The highest BCUT2D eigenvalue weighted by atomic mass is 32.2. The summed E-state index contributed by atoms with van der Waals surface area (Å²) in [6.45, 7) is 3.13. The van der Waals surface area contributed by atoms with Crippen LogP contribution in [0.5, 0.6) is 11.5 Å². The summed E-state index contributed by atoms with van der Waals surface area (Å²) in [4.78, 5) is 12.8. The Morgan fingerprint density at radius 1 is 1.06 bits per heavy atom. The van der Waals surface area contributed by atoms with E-state index in [0.29, 0.717) is 55.3 Å². The number of hydrogen-bond acceptors (Lipinski definition) is 5.